The summed E-state index contributed by atoms with van der Waals surface area (Å²) in [6, 6.07) is 9.58. The van der Waals surface area contributed by atoms with Crippen LogP contribution in [0, 0.1) is 0 Å². The van der Waals surface area contributed by atoms with Crippen molar-refractivity contribution < 1.29 is 9.84 Å². The zero-order valence-corrected chi connectivity index (χ0v) is 9.31. The molecule has 0 spiro atoms. The number of benzene rings is 1. The third-order valence-corrected chi connectivity index (χ3v) is 2.33. The molecule has 0 aliphatic carbocycles. The van der Waals surface area contributed by atoms with Gasteiger partial charge in [-0.2, -0.15) is 0 Å². The van der Waals surface area contributed by atoms with Crippen molar-refractivity contribution in [1.29, 1.82) is 0 Å². The van der Waals surface area contributed by atoms with Gasteiger partial charge in [0.2, 0.25) is 0 Å². The summed E-state index contributed by atoms with van der Waals surface area (Å²) in [4.78, 5) is 0. The minimum absolute atomic E-state index is 0.0533. The van der Waals surface area contributed by atoms with Crippen LogP contribution in [0.15, 0.2) is 30.3 Å². The number of hydrogen-bond donors (Lipinski definition) is 2. The van der Waals surface area contributed by atoms with E-state index < -0.39 is 6.10 Å². The van der Waals surface area contributed by atoms with Gasteiger partial charge in [0.1, 0.15) is 0 Å². The Bertz CT molecular complexity index is 258. The van der Waals surface area contributed by atoms with E-state index in [1.54, 1.807) is 7.11 Å². The molecule has 2 atom stereocenters. The molecule has 2 N–H and O–H groups in total. The average molecular weight is 209 g/mol. The fourth-order valence-corrected chi connectivity index (χ4v) is 1.59. The Morgan fingerprint density at radius 1 is 1.33 bits per heavy atom. The number of nitrogens with one attached hydrogen (secondary N) is 1. The average Bonchev–Trinajstić information content (AvgIpc) is 2.29. The SMILES string of the molecule is CCN[C@H](COC)C(O)c1ccccc1. The maximum Gasteiger partial charge on any atom is 0.0965 e. The Kier molecular flexibility index (Phi) is 5.32. The van der Waals surface area contributed by atoms with E-state index in [9.17, 15) is 5.11 Å². The van der Waals surface area contributed by atoms with E-state index >= 15 is 0 Å². The van der Waals surface area contributed by atoms with Gasteiger partial charge >= 0.3 is 0 Å². The smallest absolute Gasteiger partial charge is 0.0965 e. The van der Waals surface area contributed by atoms with Gasteiger partial charge in [-0.15, -0.1) is 0 Å². The highest BCUT2D eigenvalue weighted by molar-refractivity contribution is 5.18. The Hall–Kier alpha value is -0.900. The van der Waals surface area contributed by atoms with Crippen LogP contribution in [0.1, 0.15) is 18.6 Å². The Morgan fingerprint density at radius 2 is 2.00 bits per heavy atom. The first kappa shape index (κ1) is 12.2. The quantitative estimate of drug-likeness (QED) is 0.743. The summed E-state index contributed by atoms with van der Waals surface area (Å²) in [7, 11) is 1.64. The van der Waals surface area contributed by atoms with Crippen LogP contribution in [-0.2, 0) is 4.74 Å². The van der Waals surface area contributed by atoms with Gasteiger partial charge in [0, 0.05) is 7.11 Å². The van der Waals surface area contributed by atoms with Crippen molar-refractivity contribution in [2.75, 3.05) is 20.3 Å². The molecule has 0 fully saturated rings. The number of hydrogen-bond acceptors (Lipinski definition) is 3. The molecule has 0 heterocycles. The fourth-order valence-electron chi connectivity index (χ4n) is 1.59. The van der Waals surface area contributed by atoms with E-state index in [0.29, 0.717) is 6.61 Å². The van der Waals surface area contributed by atoms with Gasteiger partial charge < -0.3 is 15.2 Å². The van der Waals surface area contributed by atoms with Crippen LogP contribution in [0.25, 0.3) is 0 Å². The van der Waals surface area contributed by atoms with Gasteiger partial charge in [0.05, 0.1) is 18.8 Å². The molecule has 0 radical (unpaired) electrons. The van der Waals surface area contributed by atoms with Crippen molar-refractivity contribution in [3.05, 3.63) is 35.9 Å². The Labute approximate surface area is 91.1 Å². The van der Waals surface area contributed by atoms with E-state index in [2.05, 4.69) is 5.32 Å². The number of ether oxygens (including phenoxy) is 1. The van der Waals surface area contributed by atoms with Crippen LogP contribution in [0.5, 0.6) is 0 Å². The van der Waals surface area contributed by atoms with Gasteiger partial charge in [0.15, 0.2) is 0 Å². The molecule has 0 bridgehead atoms. The molecule has 3 nitrogen and oxygen atoms in total. The van der Waals surface area contributed by atoms with Crippen LogP contribution in [0.4, 0.5) is 0 Å². The van der Waals surface area contributed by atoms with Gasteiger partial charge in [-0.05, 0) is 12.1 Å². The summed E-state index contributed by atoms with van der Waals surface area (Å²) in [6.45, 7) is 3.34. The number of rotatable bonds is 6. The summed E-state index contributed by atoms with van der Waals surface area (Å²) in [5.41, 5.74) is 0.917. The van der Waals surface area contributed by atoms with Crippen LogP contribution in [0.2, 0.25) is 0 Å². The molecule has 0 aliphatic heterocycles. The minimum atomic E-state index is -0.522. The van der Waals surface area contributed by atoms with Crippen LogP contribution in [0.3, 0.4) is 0 Å². The van der Waals surface area contributed by atoms with Crippen molar-refractivity contribution in [2.24, 2.45) is 0 Å². The summed E-state index contributed by atoms with van der Waals surface area (Å²) in [5, 5.41) is 13.3. The first-order valence-electron chi connectivity index (χ1n) is 5.25. The molecule has 1 rings (SSSR count). The van der Waals surface area contributed by atoms with Crippen molar-refractivity contribution in [1.82, 2.24) is 5.32 Å². The van der Waals surface area contributed by atoms with Gasteiger partial charge in [-0.3, -0.25) is 0 Å². The fraction of sp³-hybridized carbons (Fsp3) is 0.500. The van der Waals surface area contributed by atoms with Gasteiger partial charge in [0.25, 0.3) is 0 Å². The molecule has 3 heteroatoms. The monoisotopic (exact) mass is 209 g/mol. The second kappa shape index (κ2) is 6.56. The predicted octanol–water partition coefficient (Wildman–Crippen LogP) is 1.34. The normalized spacial score (nSPS) is 14.9. The largest absolute Gasteiger partial charge is 0.387 e. The molecule has 0 saturated heterocycles. The van der Waals surface area contributed by atoms with E-state index in [4.69, 9.17) is 4.74 Å². The number of aliphatic hydroxyl groups excluding tert-OH is 1. The lowest BCUT2D eigenvalue weighted by molar-refractivity contribution is 0.0706. The van der Waals surface area contributed by atoms with Crippen LogP contribution >= 0.6 is 0 Å². The number of likely N-dealkylation sites (N-methyl/N-ethyl adjacent to an activating group) is 1. The minimum Gasteiger partial charge on any atom is -0.387 e. The molecule has 15 heavy (non-hydrogen) atoms. The Morgan fingerprint density at radius 3 is 2.53 bits per heavy atom. The van der Waals surface area contributed by atoms with E-state index in [-0.39, 0.29) is 6.04 Å². The second-order valence-corrected chi connectivity index (χ2v) is 3.48. The predicted molar refractivity (Wildman–Crippen MR) is 60.7 cm³/mol. The van der Waals surface area contributed by atoms with Crippen molar-refractivity contribution in [3.8, 4) is 0 Å². The molecular formula is C12H19NO2. The van der Waals surface area contributed by atoms with Crippen molar-refractivity contribution in [2.45, 2.75) is 19.1 Å². The second-order valence-electron chi connectivity index (χ2n) is 3.48. The third-order valence-electron chi connectivity index (χ3n) is 2.33. The topological polar surface area (TPSA) is 41.5 Å². The first-order chi connectivity index (χ1) is 7.29. The summed E-state index contributed by atoms with van der Waals surface area (Å²) >= 11 is 0. The summed E-state index contributed by atoms with van der Waals surface area (Å²) in [5.74, 6) is 0. The third kappa shape index (κ3) is 3.63. The highest BCUT2D eigenvalue weighted by atomic mass is 16.5. The molecule has 84 valence electrons. The molecule has 1 aromatic rings. The molecule has 0 aliphatic rings. The summed E-state index contributed by atoms with van der Waals surface area (Å²) in [6.07, 6.45) is -0.522. The molecule has 1 unspecified atom stereocenters. The van der Waals surface area contributed by atoms with E-state index in [1.165, 1.54) is 0 Å². The zero-order valence-electron chi connectivity index (χ0n) is 9.31. The highest BCUT2D eigenvalue weighted by Gasteiger charge is 2.19. The number of methoxy groups -OCH3 is 1. The lowest BCUT2D eigenvalue weighted by Gasteiger charge is -2.23. The lowest BCUT2D eigenvalue weighted by atomic mass is 10.0. The maximum absolute atomic E-state index is 10.1. The zero-order chi connectivity index (χ0) is 11.1. The van der Waals surface area contributed by atoms with Crippen molar-refractivity contribution in [3.63, 3.8) is 0 Å². The standard InChI is InChI=1S/C12H19NO2/c1-3-13-11(9-15-2)12(14)10-7-5-4-6-8-10/h4-8,11-14H,3,9H2,1-2H3/t11-,12?/m1/s1. The van der Waals surface area contributed by atoms with Gasteiger partial charge in [-0.25, -0.2) is 0 Å². The number of aliphatic hydroxyl groups is 1. The highest BCUT2D eigenvalue weighted by Crippen LogP contribution is 2.16. The molecule has 0 aromatic heterocycles. The van der Waals surface area contributed by atoms with E-state index in [1.807, 2.05) is 37.3 Å². The molecule has 1 aromatic carbocycles. The molecule has 0 saturated carbocycles. The lowest BCUT2D eigenvalue weighted by Crippen LogP contribution is -2.38. The summed E-state index contributed by atoms with van der Waals surface area (Å²) < 4.78 is 5.08. The first-order valence-corrected chi connectivity index (χ1v) is 5.25. The van der Waals surface area contributed by atoms with Crippen LogP contribution < -0.4 is 5.32 Å². The maximum atomic E-state index is 10.1. The van der Waals surface area contributed by atoms with Crippen molar-refractivity contribution >= 4 is 0 Å². The van der Waals surface area contributed by atoms with Gasteiger partial charge in [-0.1, -0.05) is 37.3 Å². The Balaban J connectivity index is 2.67. The molecule has 0 amide bonds. The molecular weight excluding hydrogens is 190 g/mol. The van der Waals surface area contributed by atoms with Crippen LogP contribution in [-0.4, -0.2) is 31.4 Å². The van der Waals surface area contributed by atoms with E-state index in [0.717, 1.165) is 12.1 Å².